The highest BCUT2D eigenvalue weighted by molar-refractivity contribution is 7.10. The van der Waals surface area contributed by atoms with E-state index >= 15 is 0 Å². The van der Waals surface area contributed by atoms with E-state index in [9.17, 15) is 9.59 Å². The second kappa shape index (κ2) is 4.60. The molecule has 0 aromatic carbocycles. The van der Waals surface area contributed by atoms with Crippen LogP contribution in [0.15, 0.2) is 17.0 Å². The number of carbonyl (C=O) groups is 2. The van der Waals surface area contributed by atoms with Crippen LogP contribution in [0.1, 0.15) is 61.8 Å². The minimum atomic E-state index is -0.0910. The highest BCUT2D eigenvalue weighted by Crippen LogP contribution is 2.71. The second-order valence-electron chi connectivity index (χ2n) is 10.0. The zero-order chi connectivity index (χ0) is 17.2. The van der Waals surface area contributed by atoms with Gasteiger partial charge in [0, 0.05) is 15.9 Å². The van der Waals surface area contributed by atoms with E-state index in [0.717, 1.165) is 17.4 Å². The molecule has 8 rings (SSSR count). The van der Waals surface area contributed by atoms with Gasteiger partial charge in [0.25, 0.3) is 0 Å². The van der Waals surface area contributed by atoms with Gasteiger partial charge in [-0.3, -0.25) is 9.59 Å². The van der Waals surface area contributed by atoms with Crippen molar-refractivity contribution in [2.45, 2.75) is 56.8 Å². The van der Waals surface area contributed by atoms with Gasteiger partial charge in [-0.2, -0.15) is 0 Å². The first kappa shape index (κ1) is 14.8. The normalized spacial score (nSPS) is 45.6. The Kier molecular flexibility index (Phi) is 2.62. The Bertz CT molecular complexity index is 871. The maximum absolute atomic E-state index is 13.3. The van der Waals surface area contributed by atoms with Crippen LogP contribution in [0, 0.1) is 35.5 Å². The molecule has 0 N–H and O–H groups in total. The number of hydrogen-bond acceptors (Lipinski definition) is 3. The molecular formula is C23H24O2S. The summed E-state index contributed by atoms with van der Waals surface area (Å²) in [5.74, 6) is 3.92. The van der Waals surface area contributed by atoms with Crippen LogP contribution < -0.4 is 0 Å². The maximum Gasteiger partial charge on any atom is 0.167 e. The first-order valence-corrected chi connectivity index (χ1v) is 11.4. The molecule has 0 amide bonds. The zero-order valence-corrected chi connectivity index (χ0v) is 15.8. The third-order valence-corrected chi connectivity index (χ3v) is 9.92. The van der Waals surface area contributed by atoms with Gasteiger partial charge in [0.2, 0.25) is 0 Å². The van der Waals surface area contributed by atoms with E-state index in [4.69, 9.17) is 0 Å². The first-order valence-electron chi connectivity index (χ1n) is 10.6. The lowest BCUT2D eigenvalue weighted by Gasteiger charge is -2.64. The van der Waals surface area contributed by atoms with Crippen molar-refractivity contribution >= 4 is 28.5 Å². The number of allylic oxidation sites excluding steroid dienone is 2. The predicted molar refractivity (Wildman–Crippen MR) is 101 cm³/mol. The van der Waals surface area contributed by atoms with Gasteiger partial charge in [-0.1, -0.05) is 0 Å². The number of rotatable bonds is 1. The van der Waals surface area contributed by atoms with Crippen molar-refractivity contribution in [3.05, 3.63) is 27.5 Å². The number of fused-ring (bicyclic) bond motifs is 2. The molecule has 0 radical (unpaired) electrons. The summed E-state index contributed by atoms with van der Waals surface area (Å²) < 4.78 is 0. The van der Waals surface area contributed by atoms with Gasteiger partial charge in [-0.15, -0.1) is 11.3 Å². The fraction of sp³-hybridized carbons (Fsp3) is 0.652. The Morgan fingerprint density at radius 1 is 0.923 bits per heavy atom. The molecule has 1 heterocycles. The molecule has 3 heteroatoms. The van der Waals surface area contributed by atoms with Crippen molar-refractivity contribution in [3.63, 3.8) is 0 Å². The summed E-state index contributed by atoms with van der Waals surface area (Å²) in [4.78, 5) is 27.8. The summed E-state index contributed by atoms with van der Waals surface area (Å²) in [6.07, 6.45) is 9.21. The van der Waals surface area contributed by atoms with Gasteiger partial charge >= 0.3 is 0 Å². The number of Topliss-reactive ketones (excluding diaryl/α,β-unsaturated/α-hetero) is 2. The number of carbonyl (C=O) groups excluding carboxylic acids is 2. The molecule has 134 valence electrons. The van der Waals surface area contributed by atoms with E-state index in [1.807, 2.05) is 11.3 Å². The molecule has 7 aliphatic rings. The lowest BCUT2D eigenvalue weighted by molar-refractivity contribution is -0.131. The van der Waals surface area contributed by atoms with Gasteiger partial charge < -0.3 is 0 Å². The molecule has 1 aromatic heterocycles. The van der Waals surface area contributed by atoms with E-state index < -0.39 is 0 Å². The van der Waals surface area contributed by atoms with Crippen LogP contribution in [0.4, 0.5) is 0 Å². The van der Waals surface area contributed by atoms with Crippen LogP contribution in [-0.4, -0.2) is 11.6 Å². The SMILES string of the molecule is O=C1CC(=O)C2C1=C(C1CC1)c1ccsc1C21C2CC3CC(C2)CC1C3. The average Bonchev–Trinajstić information content (AvgIpc) is 3.24. The highest BCUT2D eigenvalue weighted by Gasteiger charge is 2.67. The molecule has 7 aliphatic carbocycles. The van der Waals surface area contributed by atoms with Gasteiger partial charge in [-0.25, -0.2) is 0 Å². The van der Waals surface area contributed by atoms with Gasteiger partial charge in [0.05, 0.1) is 12.3 Å². The highest BCUT2D eigenvalue weighted by atomic mass is 32.1. The molecule has 0 aliphatic heterocycles. The number of hydrogen-bond donors (Lipinski definition) is 0. The van der Waals surface area contributed by atoms with Gasteiger partial charge in [-0.05, 0) is 97.1 Å². The molecule has 1 aromatic rings. The van der Waals surface area contributed by atoms with Crippen LogP contribution in [0.25, 0.3) is 5.57 Å². The van der Waals surface area contributed by atoms with Crippen molar-refractivity contribution in [1.82, 2.24) is 0 Å². The quantitative estimate of drug-likeness (QED) is 0.672. The minimum Gasteiger partial charge on any atom is -0.298 e. The molecule has 0 saturated heterocycles. The molecule has 2 nitrogen and oxygen atoms in total. The third-order valence-electron chi connectivity index (χ3n) is 8.84. The van der Waals surface area contributed by atoms with E-state index in [-0.39, 0.29) is 29.3 Å². The number of thiophene rings is 1. The molecular weight excluding hydrogens is 340 g/mol. The summed E-state index contributed by atoms with van der Waals surface area (Å²) in [5.41, 5.74) is 3.67. The molecule has 1 spiro atoms. The Balaban J connectivity index is 1.54. The predicted octanol–water partition coefficient (Wildman–Crippen LogP) is 4.78. The largest absolute Gasteiger partial charge is 0.298 e. The van der Waals surface area contributed by atoms with E-state index in [0.29, 0.717) is 17.8 Å². The summed E-state index contributed by atoms with van der Waals surface area (Å²) in [6, 6.07) is 2.29. The lowest BCUT2D eigenvalue weighted by atomic mass is 9.40. The fourth-order valence-corrected chi connectivity index (χ4v) is 9.54. The molecule has 1 unspecified atom stereocenters. The Morgan fingerprint density at radius 2 is 1.62 bits per heavy atom. The van der Waals surface area contributed by atoms with E-state index in [1.165, 1.54) is 61.0 Å². The molecule has 1 atom stereocenters. The van der Waals surface area contributed by atoms with Crippen LogP contribution in [0.5, 0.6) is 0 Å². The summed E-state index contributed by atoms with van der Waals surface area (Å²) in [5, 5.41) is 2.25. The van der Waals surface area contributed by atoms with Gasteiger partial charge in [0.1, 0.15) is 5.78 Å². The van der Waals surface area contributed by atoms with E-state index in [2.05, 4.69) is 11.4 Å². The van der Waals surface area contributed by atoms with Crippen molar-refractivity contribution in [2.75, 3.05) is 0 Å². The molecule has 26 heavy (non-hydrogen) atoms. The van der Waals surface area contributed by atoms with Gasteiger partial charge in [0.15, 0.2) is 5.78 Å². The van der Waals surface area contributed by atoms with Crippen molar-refractivity contribution in [2.24, 2.45) is 35.5 Å². The Morgan fingerprint density at radius 3 is 2.27 bits per heavy atom. The smallest absolute Gasteiger partial charge is 0.167 e. The molecule has 6 saturated carbocycles. The van der Waals surface area contributed by atoms with E-state index in [1.54, 1.807) is 0 Å². The fourth-order valence-electron chi connectivity index (χ4n) is 8.24. The van der Waals surface area contributed by atoms with Crippen molar-refractivity contribution in [1.29, 1.82) is 0 Å². The lowest BCUT2D eigenvalue weighted by Crippen LogP contribution is -2.61. The summed E-state index contributed by atoms with van der Waals surface area (Å²) >= 11 is 1.91. The van der Waals surface area contributed by atoms with Crippen LogP contribution in [0.2, 0.25) is 0 Å². The Hall–Kier alpha value is -1.22. The summed E-state index contributed by atoms with van der Waals surface area (Å²) in [6.45, 7) is 0. The molecule has 6 fully saturated rings. The van der Waals surface area contributed by atoms with Crippen LogP contribution in [-0.2, 0) is 15.0 Å². The van der Waals surface area contributed by atoms with Crippen molar-refractivity contribution < 1.29 is 9.59 Å². The zero-order valence-electron chi connectivity index (χ0n) is 15.0. The maximum atomic E-state index is 13.3. The average molecular weight is 365 g/mol. The first-order chi connectivity index (χ1) is 12.7. The Labute approximate surface area is 158 Å². The molecule has 4 bridgehead atoms. The van der Waals surface area contributed by atoms with Crippen molar-refractivity contribution in [3.8, 4) is 0 Å². The van der Waals surface area contributed by atoms with Crippen LogP contribution >= 0.6 is 11.3 Å². The number of ketones is 2. The minimum absolute atomic E-state index is 0.0200. The second-order valence-corrected chi connectivity index (χ2v) is 10.9. The van der Waals surface area contributed by atoms with Crippen LogP contribution in [0.3, 0.4) is 0 Å². The topological polar surface area (TPSA) is 34.1 Å². The monoisotopic (exact) mass is 364 g/mol. The standard InChI is InChI=1S/C23H24O2S/c24-17-10-18(25)21-20(17)19(13-1-2-13)16-3-4-26-22(16)23(21)14-6-11-5-12(8-14)9-15(23)7-11/h3-4,11-15,21H,1-2,5-10H2. The summed E-state index contributed by atoms with van der Waals surface area (Å²) in [7, 11) is 0. The third kappa shape index (κ3) is 1.54.